The van der Waals surface area contributed by atoms with E-state index in [9.17, 15) is 9.59 Å². The van der Waals surface area contributed by atoms with E-state index < -0.39 is 17.9 Å². The van der Waals surface area contributed by atoms with Gasteiger partial charge in [0.15, 0.2) is 11.5 Å². The van der Waals surface area contributed by atoms with E-state index in [4.69, 9.17) is 14.6 Å². The molecule has 1 aromatic carbocycles. The number of carbonyl (C=O) groups is 2. The monoisotopic (exact) mass is 359 g/mol. The summed E-state index contributed by atoms with van der Waals surface area (Å²) >= 11 is 3.29. The lowest BCUT2D eigenvalue weighted by molar-refractivity contribution is -0.140. The average molecular weight is 360 g/mol. The minimum absolute atomic E-state index is 0.227. The molecule has 0 saturated carbocycles. The van der Waals surface area contributed by atoms with Gasteiger partial charge in [0, 0.05) is 5.56 Å². The Bertz CT molecular complexity index is 544. The summed E-state index contributed by atoms with van der Waals surface area (Å²) in [5, 5.41) is 11.6. The van der Waals surface area contributed by atoms with Gasteiger partial charge < -0.3 is 19.9 Å². The molecule has 1 aromatic rings. The Morgan fingerprint density at radius 3 is 2.29 bits per heavy atom. The van der Waals surface area contributed by atoms with E-state index in [2.05, 4.69) is 21.2 Å². The predicted octanol–water partition coefficient (Wildman–Crippen LogP) is 2.31. The van der Waals surface area contributed by atoms with Crippen molar-refractivity contribution < 1.29 is 24.2 Å². The lowest BCUT2D eigenvalue weighted by Crippen LogP contribution is -2.44. The molecule has 0 unspecified atom stereocenters. The average Bonchev–Trinajstić information content (AvgIpc) is 2.42. The van der Waals surface area contributed by atoms with Crippen LogP contribution in [0.5, 0.6) is 11.5 Å². The number of benzene rings is 1. The Kier molecular flexibility index (Phi) is 6.02. The Morgan fingerprint density at radius 2 is 1.86 bits per heavy atom. The van der Waals surface area contributed by atoms with Gasteiger partial charge in [-0.1, -0.05) is 13.8 Å². The minimum Gasteiger partial charge on any atom is -0.493 e. The zero-order valence-corrected chi connectivity index (χ0v) is 13.9. The van der Waals surface area contributed by atoms with Crippen molar-refractivity contribution in [1.29, 1.82) is 0 Å². The van der Waals surface area contributed by atoms with E-state index in [1.165, 1.54) is 20.3 Å². The van der Waals surface area contributed by atoms with Gasteiger partial charge in [-0.3, -0.25) is 4.79 Å². The van der Waals surface area contributed by atoms with Crippen LogP contribution in [0.2, 0.25) is 0 Å². The molecular weight excluding hydrogens is 342 g/mol. The van der Waals surface area contributed by atoms with Crippen molar-refractivity contribution in [2.45, 2.75) is 19.9 Å². The van der Waals surface area contributed by atoms with Gasteiger partial charge in [0.2, 0.25) is 0 Å². The minimum atomic E-state index is -1.07. The number of carboxylic acids is 1. The summed E-state index contributed by atoms with van der Waals surface area (Å²) in [4.78, 5) is 23.3. The maximum atomic E-state index is 12.2. The van der Waals surface area contributed by atoms with Crippen molar-refractivity contribution in [3.8, 4) is 11.5 Å². The SMILES string of the molecule is COc1cc(C(=O)N[C@@H](C(=O)O)C(C)C)cc(Br)c1OC. The fraction of sp³-hybridized carbons (Fsp3) is 0.429. The van der Waals surface area contributed by atoms with Gasteiger partial charge in [-0.25, -0.2) is 4.79 Å². The molecule has 7 heteroatoms. The van der Waals surface area contributed by atoms with Crippen LogP contribution in [0, 0.1) is 5.92 Å². The number of aliphatic carboxylic acids is 1. The second kappa shape index (κ2) is 7.31. The molecule has 0 saturated heterocycles. The van der Waals surface area contributed by atoms with Crippen molar-refractivity contribution >= 4 is 27.8 Å². The Balaban J connectivity index is 3.08. The molecule has 1 atom stereocenters. The van der Waals surface area contributed by atoms with Crippen LogP contribution in [0.1, 0.15) is 24.2 Å². The lowest BCUT2D eigenvalue weighted by Gasteiger charge is -2.18. The van der Waals surface area contributed by atoms with Gasteiger partial charge in [0.05, 0.1) is 18.7 Å². The van der Waals surface area contributed by atoms with Gasteiger partial charge in [0.1, 0.15) is 6.04 Å². The Morgan fingerprint density at radius 1 is 1.24 bits per heavy atom. The van der Waals surface area contributed by atoms with Crippen molar-refractivity contribution in [3.63, 3.8) is 0 Å². The first-order valence-corrected chi connectivity index (χ1v) is 7.06. The van der Waals surface area contributed by atoms with Gasteiger partial charge >= 0.3 is 5.97 Å². The zero-order valence-electron chi connectivity index (χ0n) is 12.3. The summed E-state index contributed by atoms with van der Waals surface area (Å²) in [6, 6.07) is 2.10. The van der Waals surface area contributed by atoms with E-state index in [-0.39, 0.29) is 11.5 Å². The molecule has 1 rings (SSSR count). The number of nitrogens with one attached hydrogen (secondary N) is 1. The van der Waals surface area contributed by atoms with E-state index >= 15 is 0 Å². The lowest BCUT2D eigenvalue weighted by atomic mass is 10.0. The number of hydrogen-bond donors (Lipinski definition) is 2. The molecule has 1 amide bonds. The summed E-state index contributed by atoms with van der Waals surface area (Å²) in [5.74, 6) is -0.938. The highest BCUT2D eigenvalue weighted by Crippen LogP contribution is 2.36. The number of methoxy groups -OCH3 is 2. The molecule has 0 aromatic heterocycles. The summed E-state index contributed by atoms with van der Waals surface area (Å²) in [6.07, 6.45) is 0. The van der Waals surface area contributed by atoms with Crippen LogP contribution in [0.3, 0.4) is 0 Å². The summed E-state index contributed by atoms with van der Waals surface area (Å²) in [6.45, 7) is 3.45. The highest BCUT2D eigenvalue weighted by atomic mass is 79.9. The van der Waals surface area contributed by atoms with Crippen LogP contribution < -0.4 is 14.8 Å². The zero-order chi connectivity index (χ0) is 16.2. The van der Waals surface area contributed by atoms with Gasteiger partial charge in [-0.05, 0) is 34.0 Å². The molecular formula is C14H18BrNO5. The first-order chi connectivity index (χ1) is 9.81. The third-order valence-corrected chi connectivity index (χ3v) is 3.50. The molecule has 21 heavy (non-hydrogen) atoms. The van der Waals surface area contributed by atoms with E-state index in [1.54, 1.807) is 19.9 Å². The second-order valence-corrected chi connectivity index (χ2v) is 5.58. The van der Waals surface area contributed by atoms with E-state index in [0.29, 0.717) is 16.0 Å². The van der Waals surface area contributed by atoms with Crippen LogP contribution in [0.15, 0.2) is 16.6 Å². The number of rotatable bonds is 6. The van der Waals surface area contributed by atoms with Crippen molar-refractivity contribution in [3.05, 3.63) is 22.2 Å². The van der Waals surface area contributed by atoms with Gasteiger partial charge in [0.25, 0.3) is 5.91 Å². The van der Waals surface area contributed by atoms with Crippen LogP contribution in [-0.2, 0) is 4.79 Å². The molecule has 0 aliphatic rings. The quantitative estimate of drug-likeness (QED) is 0.813. The maximum absolute atomic E-state index is 12.2. The van der Waals surface area contributed by atoms with Crippen LogP contribution >= 0.6 is 15.9 Å². The fourth-order valence-electron chi connectivity index (χ4n) is 1.79. The normalized spacial score (nSPS) is 11.9. The molecule has 0 bridgehead atoms. The number of halogens is 1. The Labute approximate surface area is 131 Å². The smallest absolute Gasteiger partial charge is 0.326 e. The molecule has 0 radical (unpaired) electrons. The highest BCUT2D eigenvalue weighted by Gasteiger charge is 2.25. The number of ether oxygens (including phenoxy) is 2. The summed E-state index contributed by atoms with van der Waals surface area (Å²) in [5.41, 5.74) is 0.284. The van der Waals surface area contributed by atoms with Crippen LogP contribution in [-0.4, -0.2) is 37.2 Å². The largest absolute Gasteiger partial charge is 0.493 e. The topological polar surface area (TPSA) is 84.9 Å². The third kappa shape index (κ3) is 4.10. The number of carboxylic acid groups (broad SMARTS) is 1. The number of amides is 1. The van der Waals surface area contributed by atoms with Gasteiger partial charge in [-0.2, -0.15) is 0 Å². The first kappa shape index (κ1) is 17.3. The second-order valence-electron chi connectivity index (χ2n) is 4.73. The van der Waals surface area contributed by atoms with E-state index in [1.807, 2.05) is 0 Å². The van der Waals surface area contributed by atoms with Crippen LogP contribution in [0.25, 0.3) is 0 Å². The highest BCUT2D eigenvalue weighted by molar-refractivity contribution is 9.10. The molecule has 0 aliphatic heterocycles. The molecule has 0 heterocycles. The number of carbonyl (C=O) groups excluding carboxylic acids is 1. The standard InChI is InChI=1S/C14H18BrNO5/c1-7(2)11(14(18)19)16-13(17)8-5-9(15)12(21-4)10(6-8)20-3/h5-7,11H,1-4H3,(H,16,17)(H,18,19)/t11-/m1/s1. The molecule has 2 N–H and O–H groups in total. The first-order valence-electron chi connectivity index (χ1n) is 6.27. The third-order valence-electron chi connectivity index (χ3n) is 2.92. The fourth-order valence-corrected chi connectivity index (χ4v) is 2.39. The van der Waals surface area contributed by atoms with Gasteiger partial charge in [-0.15, -0.1) is 0 Å². The maximum Gasteiger partial charge on any atom is 0.326 e. The Hall–Kier alpha value is -1.76. The predicted molar refractivity (Wildman–Crippen MR) is 81.0 cm³/mol. The molecule has 0 aliphatic carbocycles. The summed E-state index contributed by atoms with van der Waals surface area (Å²) in [7, 11) is 2.95. The molecule has 116 valence electrons. The molecule has 6 nitrogen and oxygen atoms in total. The molecule has 0 spiro atoms. The summed E-state index contributed by atoms with van der Waals surface area (Å²) < 4.78 is 10.9. The van der Waals surface area contributed by atoms with Crippen LogP contribution in [0.4, 0.5) is 0 Å². The molecule has 0 fully saturated rings. The van der Waals surface area contributed by atoms with E-state index in [0.717, 1.165) is 0 Å². The van der Waals surface area contributed by atoms with Crippen molar-refractivity contribution in [1.82, 2.24) is 5.32 Å². The van der Waals surface area contributed by atoms with Crippen molar-refractivity contribution in [2.24, 2.45) is 5.92 Å². The number of hydrogen-bond acceptors (Lipinski definition) is 4. The van der Waals surface area contributed by atoms with Crippen molar-refractivity contribution in [2.75, 3.05) is 14.2 Å².